The van der Waals surface area contributed by atoms with Crippen LogP contribution in [-0.4, -0.2) is 53.9 Å². The van der Waals surface area contributed by atoms with Gasteiger partial charge in [-0.05, 0) is 24.5 Å². The van der Waals surface area contributed by atoms with Gasteiger partial charge in [-0.1, -0.05) is 19.4 Å². The van der Waals surface area contributed by atoms with E-state index in [0.717, 1.165) is 17.5 Å². The van der Waals surface area contributed by atoms with Crippen LogP contribution in [-0.2, 0) is 11.8 Å². The SMILES string of the molecule is C#C[C@@H]1C[C@@H](Oc2nc(-c3cnn(C)c3)cn3nccc23)C[C@H](C)CN1C(=O)C=C. The summed E-state index contributed by atoms with van der Waals surface area (Å²) in [6.07, 6.45) is 15.4. The molecule has 0 unspecified atom stereocenters. The third kappa shape index (κ3) is 3.79. The number of aryl methyl sites for hydroxylation is 1. The van der Waals surface area contributed by atoms with Crippen LogP contribution in [0.4, 0.5) is 0 Å². The summed E-state index contributed by atoms with van der Waals surface area (Å²) in [5, 5.41) is 8.57. The highest BCUT2D eigenvalue weighted by atomic mass is 16.5. The Balaban J connectivity index is 1.66. The van der Waals surface area contributed by atoms with Crippen molar-refractivity contribution in [1.82, 2.24) is 29.3 Å². The number of amides is 1. The van der Waals surface area contributed by atoms with Crippen molar-refractivity contribution in [3.8, 4) is 29.5 Å². The number of fused-ring (bicyclic) bond motifs is 1. The molecule has 154 valence electrons. The Labute approximate surface area is 175 Å². The van der Waals surface area contributed by atoms with Crippen molar-refractivity contribution in [2.24, 2.45) is 13.0 Å². The predicted molar refractivity (Wildman–Crippen MR) is 113 cm³/mol. The third-order valence-corrected chi connectivity index (χ3v) is 5.32. The number of hydrogen-bond donors (Lipinski definition) is 0. The molecule has 0 aromatic carbocycles. The van der Waals surface area contributed by atoms with Gasteiger partial charge in [0.25, 0.3) is 0 Å². The molecule has 0 radical (unpaired) electrons. The highest BCUT2D eigenvalue weighted by Crippen LogP contribution is 2.29. The van der Waals surface area contributed by atoms with E-state index in [1.165, 1.54) is 6.08 Å². The second-order valence-electron chi connectivity index (χ2n) is 7.69. The lowest BCUT2D eigenvalue weighted by molar-refractivity contribution is -0.127. The first-order valence-corrected chi connectivity index (χ1v) is 9.87. The van der Waals surface area contributed by atoms with Crippen LogP contribution in [0.25, 0.3) is 16.8 Å². The van der Waals surface area contributed by atoms with E-state index in [1.54, 1.807) is 26.5 Å². The number of nitrogens with zero attached hydrogens (tertiary/aromatic N) is 6. The van der Waals surface area contributed by atoms with Crippen molar-refractivity contribution in [3.05, 3.63) is 43.5 Å². The number of terminal acetylenes is 1. The lowest BCUT2D eigenvalue weighted by Crippen LogP contribution is -2.40. The van der Waals surface area contributed by atoms with E-state index < -0.39 is 0 Å². The van der Waals surface area contributed by atoms with Crippen molar-refractivity contribution in [3.63, 3.8) is 0 Å². The summed E-state index contributed by atoms with van der Waals surface area (Å²) in [4.78, 5) is 18.7. The minimum atomic E-state index is -0.354. The van der Waals surface area contributed by atoms with E-state index >= 15 is 0 Å². The van der Waals surface area contributed by atoms with Gasteiger partial charge in [-0.3, -0.25) is 9.48 Å². The van der Waals surface area contributed by atoms with E-state index in [2.05, 4.69) is 29.6 Å². The van der Waals surface area contributed by atoms with Crippen LogP contribution in [0.3, 0.4) is 0 Å². The molecule has 4 heterocycles. The quantitative estimate of drug-likeness (QED) is 0.493. The molecule has 8 nitrogen and oxygen atoms in total. The number of carbonyl (C=O) groups is 1. The summed E-state index contributed by atoms with van der Waals surface area (Å²) >= 11 is 0. The van der Waals surface area contributed by atoms with Gasteiger partial charge in [0, 0.05) is 31.8 Å². The van der Waals surface area contributed by atoms with E-state index in [1.807, 2.05) is 25.5 Å². The molecule has 1 amide bonds. The van der Waals surface area contributed by atoms with Crippen molar-refractivity contribution >= 4 is 11.4 Å². The van der Waals surface area contributed by atoms with E-state index in [0.29, 0.717) is 24.5 Å². The van der Waals surface area contributed by atoms with Gasteiger partial charge in [0.05, 0.1) is 30.3 Å². The average molecular weight is 404 g/mol. The molecule has 8 heteroatoms. The van der Waals surface area contributed by atoms with E-state index in [-0.39, 0.29) is 24.0 Å². The minimum Gasteiger partial charge on any atom is -0.473 e. The molecule has 0 saturated carbocycles. The summed E-state index contributed by atoms with van der Waals surface area (Å²) < 4.78 is 9.85. The van der Waals surface area contributed by atoms with Crippen LogP contribution in [0.5, 0.6) is 5.88 Å². The standard InChI is InChI=1S/C22H24N6O2/c1-5-17-10-18(9-15(3)12-27(17)21(29)6-2)30-22-20-7-8-23-28(20)14-19(25-22)16-11-24-26(4)13-16/h1,6-8,11,13-15,17-18H,2,9-10,12H2,3-4H3/t15-,17+,18-/m0/s1. The summed E-state index contributed by atoms with van der Waals surface area (Å²) in [6, 6.07) is 1.51. The van der Waals surface area contributed by atoms with E-state index in [4.69, 9.17) is 16.1 Å². The van der Waals surface area contributed by atoms with Crippen molar-refractivity contribution in [1.29, 1.82) is 0 Å². The molecule has 4 rings (SSSR count). The Morgan fingerprint density at radius 2 is 2.20 bits per heavy atom. The van der Waals surface area contributed by atoms with Gasteiger partial charge >= 0.3 is 0 Å². The fourth-order valence-electron chi connectivity index (χ4n) is 3.91. The topological polar surface area (TPSA) is 77.6 Å². The molecule has 3 aromatic heterocycles. The summed E-state index contributed by atoms with van der Waals surface area (Å²) in [7, 11) is 1.86. The van der Waals surface area contributed by atoms with Gasteiger partial charge in [-0.15, -0.1) is 6.42 Å². The molecule has 3 atom stereocenters. The number of carbonyl (C=O) groups excluding carboxylic acids is 1. The molecular formula is C22H24N6O2. The Kier molecular flexibility index (Phi) is 5.27. The zero-order valence-electron chi connectivity index (χ0n) is 17.1. The average Bonchev–Trinajstić information content (AvgIpc) is 3.35. The van der Waals surface area contributed by atoms with Gasteiger partial charge in [-0.25, -0.2) is 9.50 Å². The van der Waals surface area contributed by atoms with Gasteiger partial charge in [0.1, 0.15) is 11.6 Å². The fraction of sp³-hybridized carbons (Fsp3) is 0.364. The monoisotopic (exact) mass is 404 g/mol. The lowest BCUT2D eigenvalue weighted by Gasteiger charge is -2.26. The molecule has 1 aliphatic rings. The van der Waals surface area contributed by atoms with Crippen LogP contribution in [0.15, 0.2) is 43.5 Å². The molecule has 1 saturated heterocycles. The summed E-state index contributed by atoms with van der Waals surface area (Å²) in [5.41, 5.74) is 2.36. The van der Waals surface area contributed by atoms with Crippen LogP contribution < -0.4 is 4.74 Å². The van der Waals surface area contributed by atoms with Crippen LogP contribution in [0.1, 0.15) is 19.8 Å². The largest absolute Gasteiger partial charge is 0.473 e. The molecule has 1 aliphatic heterocycles. The molecule has 0 spiro atoms. The Morgan fingerprint density at radius 1 is 1.37 bits per heavy atom. The second-order valence-corrected chi connectivity index (χ2v) is 7.69. The van der Waals surface area contributed by atoms with Crippen molar-refractivity contribution < 1.29 is 9.53 Å². The van der Waals surface area contributed by atoms with Crippen LogP contribution in [0, 0.1) is 18.3 Å². The molecule has 0 bridgehead atoms. The first-order valence-electron chi connectivity index (χ1n) is 9.87. The van der Waals surface area contributed by atoms with Gasteiger partial charge < -0.3 is 9.64 Å². The summed E-state index contributed by atoms with van der Waals surface area (Å²) in [6.45, 7) is 6.26. The zero-order valence-corrected chi connectivity index (χ0v) is 17.1. The smallest absolute Gasteiger partial charge is 0.246 e. The number of likely N-dealkylation sites (tertiary alicyclic amines) is 1. The number of aromatic nitrogens is 5. The highest BCUT2D eigenvalue weighted by Gasteiger charge is 2.32. The third-order valence-electron chi connectivity index (χ3n) is 5.32. The highest BCUT2D eigenvalue weighted by molar-refractivity contribution is 5.87. The molecule has 1 fully saturated rings. The first kappa shape index (κ1) is 19.7. The summed E-state index contributed by atoms with van der Waals surface area (Å²) in [5.74, 6) is 3.31. The minimum absolute atomic E-state index is 0.152. The second kappa shape index (κ2) is 8.03. The Bertz CT molecular complexity index is 1120. The molecular weight excluding hydrogens is 380 g/mol. The molecule has 30 heavy (non-hydrogen) atoms. The maximum atomic E-state index is 12.3. The number of hydrogen-bond acceptors (Lipinski definition) is 5. The number of rotatable bonds is 4. The predicted octanol–water partition coefficient (Wildman–Crippen LogP) is 2.32. The number of ether oxygens (including phenoxy) is 1. The maximum Gasteiger partial charge on any atom is 0.246 e. The first-order chi connectivity index (χ1) is 14.5. The lowest BCUT2D eigenvalue weighted by atomic mass is 10.0. The Hall–Kier alpha value is -3.60. The molecule has 0 N–H and O–H groups in total. The Morgan fingerprint density at radius 3 is 2.90 bits per heavy atom. The van der Waals surface area contributed by atoms with Gasteiger partial charge in [0.15, 0.2) is 0 Å². The fourth-order valence-corrected chi connectivity index (χ4v) is 3.91. The maximum absolute atomic E-state index is 12.3. The molecule has 0 aliphatic carbocycles. The van der Waals surface area contributed by atoms with Gasteiger partial charge in [0.2, 0.25) is 11.8 Å². The van der Waals surface area contributed by atoms with Crippen LogP contribution in [0.2, 0.25) is 0 Å². The van der Waals surface area contributed by atoms with E-state index in [9.17, 15) is 4.79 Å². The van der Waals surface area contributed by atoms with Crippen molar-refractivity contribution in [2.45, 2.75) is 31.9 Å². The zero-order chi connectivity index (χ0) is 21.3. The van der Waals surface area contributed by atoms with Crippen molar-refractivity contribution in [2.75, 3.05) is 6.54 Å². The van der Waals surface area contributed by atoms with Gasteiger partial charge in [-0.2, -0.15) is 10.2 Å². The molecule has 3 aromatic rings. The van der Waals surface area contributed by atoms with Crippen LogP contribution >= 0.6 is 0 Å². The normalized spacial score (nSPS) is 21.8.